The summed E-state index contributed by atoms with van der Waals surface area (Å²) in [6.07, 6.45) is 0.428. The number of likely N-dealkylation sites (N-methyl/N-ethyl adjacent to an activating group) is 1. The van der Waals surface area contributed by atoms with Gasteiger partial charge >= 0.3 is 17.8 Å². The first-order valence-electron chi connectivity index (χ1n) is 12.3. The number of benzene rings is 1. The van der Waals surface area contributed by atoms with Crippen molar-refractivity contribution >= 4 is 40.0 Å². The summed E-state index contributed by atoms with van der Waals surface area (Å²) in [6.45, 7) is 0.427. The molecule has 0 fully saturated rings. The quantitative estimate of drug-likeness (QED) is 0.0943. The van der Waals surface area contributed by atoms with Crippen LogP contribution in [0.25, 0.3) is 10.9 Å². The summed E-state index contributed by atoms with van der Waals surface area (Å²) in [5.74, 6) is -2.27. The molecular formula is C26H23F4N10O3+. The zero-order valence-electron chi connectivity index (χ0n) is 22.8. The molecule has 0 aliphatic rings. The van der Waals surface area contributed by atoms with E-state index >= 15 is 0 Å². The van der Waals surface area contributed by atoms with Crippen LogP contribution in [0.3, 0.4) is 0 Å². The number of nitrogens with one attached hydrogen (secondary N) is 2. The molecule has 0 aliphatic carbocycles. The highest BCUT2D eigenvalue weighted by atomic mass is 19.4. The molecule has 1 amide bonds. The molecule has 4 rings (SSSR count). The lowest BCUT2D eigenvalue weighted by molar-refractivity contribution is -0.898. The number of halogens is 4. The smallest absolute Gasteiger partial charge is 0.358 e. The average molecular weight is 600 g/mol. The van der Waals surface area contributed by atoms with Crippen molar-refractivity contribution in [2.45, 2.75) is 12.7 Å². The minimum Gasteiger partial charge on any atom is -0.358 e. The molecule has 3 aromatic heterocycles. The van der Waals surface area contributed by atoms with Crippen molar-refractivity contribution in [3.05, 3.63) is 82.0 Å². The average Bonchev–Trinajstić information content (AvgIpc) is 3.23. The summed E-state index contributed by atoms with van der Waals surface area (Å²) < 4.78 is 54.6. The molecule has 0 bridgehead atoms. The standard InChI is InChI=1S/C26H22F4N10O3/c1-38-20(25(39(42)43)37-22(38)11-31)13-40(2,3)8-4-5-23(41)36-21-10-16-19(12-32-21)33-14-34-24(16)35-15-6-7-18(27)17(9-15)26(28,29)30/h4-7,9-10,12,14H,8,13H2,1-3H3,(H-,32,33,34,35,36,41)/p+1. The number of carbonyl (C=O) groups is 1. The molecule has 0 spiro atoms. The molecule has 0 atom stereocenters. The lowest BCUT2D eigenvalue weighted by Crippen LogP contribution is -2.39. The van der Waals surface area contributed by atoms with Crippen LogP contribution < -0.4 is 10.6 Å². The van der Waals surface area contributed by atoms with E-state index < -0.39 is 34.2 Å². The molecule has 1 aromatic carbocycles. The Labute approximate surface area is 240 Å². The maximum atomic E-state index is 13.7. The number of aromatic nitrogens is 5. The number of rotatable bonds is 9. The van der Waals surface area contributed by atoms with Crippen molar-refractivity contribution in [3.8, 4) is 6.07 Å². The van der Waals surface area contributed by atoms with Crippen molar-refractivity contribution in [3.63, 3.8) is 0 Å². The van der Waals surface area contributed by atoms with Gasteiger partial charge in [0.2, 0.25) is 5.91 Å². The minimum absolute atomic E-state index is 0.0694. The topological polar surface area (TPSA) is 165 Å². The highest BCUT2D eigenvalue weighted by molar-refractivity contribution is 6.00. The van der Waals surface area contributed by atoms with Crippen molar-refractivity contribution in [2.24, 2.45) is 7.05 Å². The summed E-state index contributed by atoms with van der Waals surface area (Å²) in [5.41, 5.74) is -0.927. The molecule has 13 nitrogen and oxygen atoms in total. The number of alkyl halides is 3. The Morgan fingerprint density at radius 3 is 2.65 bits per heavy atom. The lowest BCUT2D eigenvalue weighted by atomic mass is 10.1. The number of fused-ring (bicyclic) bond motifs is 1. The predicted molar refractivity (Wildman–Crippen MR) is 145 cm³/mol. The number of carbonyl (C=O) groups excluding carboxylic acids is 1. The van der Waals surface area contributed by atoms with E-state index in [9.17, 15) is 32.5 Å². The van der Waals surface area contributed by atoms with Crippen molar-refractivity contribution in [1.29, 1.82) is 5.26 Å². The van der Waals surface area contributed by atoms with E-state index in [0.29, 0.717) is 23.0 Å². The van der Waals surface area contributed by atoms with Gasteiger partial charge < -0.3 is 25.2 Å². The van der Waals surface area contributed by atoms with E-state index in [4.69, 9.17) is 5.26 Å². The van der Waals surface area contributed by atoms with Crippen LogP contribution in [0.15, 0.2) is 48.9 Å². The van der Waals surface area contributed by atoms with Crippen molar-refractivity contribution < 1.29 is 31.8 Å². The fourth-order valence-electron chi connectivity index (χ4n) is 4.11. The molecule has 0 saturated heterocycles. The second-order valence-corrected chi connectivity index (χ2v) is 9.93. The normalized spacial score (nSPS) is 12.0. The molecule has 0 unspecified atom stereocenters. The third-order valence-corrected chi connectivity index (χ3v) is 6.22. The fourth-order valence-corrected chi connectivity index (χ4v) is 4.11. The second kappa shape index (κ2) is 11.8. The highest BCUT2D eigenvalue weighted by Crippen LogP contribution is 2.34. The van der Waals surface area contributed by atoms with Gasteiger partial charge in [-0.1, -0.05) is 0 Å². The Morgan fingerprint density at radius 1 is 1.23 bits per heavy atom. The van der Waals surface area contributed by atoms with Crippen LogP contribution in [0.4, 0.5) is 40.7 Å². The minimum atomic E-state index is -4.89. The van der Waals surface area contributed by atoms with Gasteiger partial charge in [-0.05, 0) is 40.2 Å². The molecule has 0 radical (unpaired) electrons. The first-order valence-corrected chi connectivity index (χ1v) is 12.3. The van der Waals surface area contributed by atoms with Crippen molar-refractivity contribution in [1.82, 2.24) is 24.5 Å². The number of imidazole rings is 1. The second-order valence-electron chi connectivity index (χ2n) is 9.93. The van der Waals surface area contributed by atoms with Gasteiger partial charge in [-0.2, -0.15) is 18.4 Å². The maximum Gasteiger partial charge on any atom is 0.419 e. The highest BCUT2D eigenvalue weighted by Gasteiger charge is 2.34. The number of nitriles is 1. The van der Waals surface area contributed by atoms with Crippen LogP contribution in [-0.2, 0) is 24.6 Å². The summed E-state index contributed by atoms with van der Waals surface area (Å²) in [7, 11) is 5.07. The Bertz CT molecular complexity index is 1790. The van der Waals surface area contributed by atoms with Gasteiger partial charge in [-0.3, -0.25) is 9.36 Å². The van der Waals surface area contributed by atoms with Crippen LogP contribution in [0.1, 0.15) is 17.1 Å². The number of hydrogen-bond donors (Lipinski definition) is 2. The van der Waals surface area contributed by atoms with E-state index in [1.807, 2.05) is 6.07 Å². The zero-order valence-corrected chi connectivity index (χ0v) is 22.8. The third kappa shape index (κ3) is 7.05. The summed E-state index contributed by atoms with van der Waals surface area (Å²) in [5, 5.41) is 26.2. The van der Waals surface area contributed by atoms with Gasteiger partial charge in [0.15, 0.2) is 11.8 Å². The van der Waals surface area contributed by atoms with E-state index in [-0.39, 0.29) is 46.4 Å². The third-order valence-electron chi connectivity index (χ3n) is 6.22. The van der Waals surface area contributed by atoms with E-state index in [0.717, 1.165) is 6.07 Å². The monoisotopic (exact) mass is 599 g/mol. The first-order chi connectivity index (χ1) is 20.2. The van der Waals surface area contributed by atoms with Crippen LogP contribution >= 0.6 is 0 Å². The first kappa shape index (κ1) is 30.5. The molecular weight excluding hydrogens is 576 g/mol. The van der Waals surface area contributed by atoms with Gasteiger partial charge in [-0.25, -0.2) is 19.3 Å². The molecule has 17 heteroatoms. The Balaban J connectivity index is 1.47. The summed E-state index contributed by atoms with van der Waals surface area (Å²) in [6, 6.07) is 5.67. The number of nitro groups is 1. The number of hydrogen-bond acceptors (Lipinski definition) is 9. The van der Waals surface area contributed by atoms with Crippen LogP contribution in [0.2, 0.25) is 0 Å². The summed E-state index contributed by atoms with van der Waals surface area (Å²) in [4.78, 5) is 39.4. The molecule has 4 aromatic rings. The number of pyridine rings is 1. The van der Waals surface area contributed by atoms with E-state index in [1.165, 1.54) is 36.3 Å². The Hall–Kier alpha value is -5.50. The Kier molecular flexibility index (Phi) is 8.34. The number of anilines is 3. The lowest BCUT2D eigenvalue weighted by Gasteiger charge is -2.28. The van der Waals surface area contributed by atoms with E-state index in [1.54, 1.807) is 20.2 Å². The van der Waals surface area contributed by atoms with Gasteiger partial charge in [0.1, 0.15) is 30.3 Å². The number of quaternary nitrogens is 1. The Morgan fingerprint density at radius 2 is 1.98 bits per heavy atom. The molecule has 0 aliphatic heterocycles. The van der Waals surface area contributed by atoms with Gasteiger partial charge in [0.05, 0.1) is 37.9 Å². The van der Waals surface area contributed by atoms with Gasteiger partial charge in [0, 0.05) is 24.2 Å². The molecule has 3 heterocycles. The summed E-state index contributed by atoms with van der Waals surface area (Å²) >= 11 is 0. The molecule has 2 N–H and O–H groups in total. The zero-order chi connectivity index (χ0) is 31.5. The molecule has 0 saturated carbocycles. The van der Waals surface area contributed by atoms with Crippen LogP contribution in [0, 0.1) is 27.3 Å². The molecule has 222 valence electrons. The van der Waals surface area contributed by atoms with Crippen molar-refractivity contribution in [2.75, 3.05) is 31.3 Å². The largest absolute Gasteiger partial charge is 0.419 e. The van der Waals surface area contributed by atoms with Gasteiger partial charge in [0.25, 0.3) is 0 Å². The van der Waals surface area contributed by atoms with Crippen LogP contribution in [0.5, 0.6) is 0 Å². The number of amides is 1. The fraction of sp³-hybridized carbons (Fsp3) is 0.231. The predicted octanol–water partition coefficient (Wildman–Crippen LogP) is 4.21. The van der Waals surface area contributed by atoms with Crippen LogP contribution in [-0.4, -0.2) is 60.5 Å². The maximum absolute atomic E-state index is 13.7. The van der Waals surface area contributed by atoms with E-state index in [2.05, 4.69) is 30.6 Å². The number of nitrogens with zero attached hydrogens (tertiary/aromatic N) is 8. The molecule has 43 heavy (non-hydrogen) atoms. The van der Waals surface area contributed by atoms with Gasteiger partial charge in [-0.15, -0.1) is 0 Å². The SMILES string of the molecule is Cn1c(C#N)nc([N+](=O)[O-])c1C[N+](C)(C)CC=CC(=O)Nc1cc2c(Nc3ccc(F)c(C(F)(F)F)c3)ncnc2cn1.